The van der Waals surface area contributed by atoms with Crippen molar-refractivity contribution in [1.82, 2.24) is 10.2 Å². The van der Waals surface area contributed by atoms with Gasteiger partial charge in [0, 0.05) is 6.61 Å². The summed E-state index contributed by atoms with van der Waals surface area (Å²) >= 11 is 0. The van der Waals surface area contributed by atoms with Crippen molar-refractivity contribution in [2.45, 2.75) is 13.3 Å². The largest absolute Gasteiger partial charge is 0.360 e. The summed E-state index contributed by atoms with van der Waals surface area (Å²) in [5.74, 6) is -0.226. The van der Waals surface area contributed by atoms with Crippen LogP contribution in [-0.4, -0.2) is 36.7 Å². The molecular weight excluding hydrogens is 160 g/mol. The molecule has 1 saturated heterocycles. The molecule has 1 fully saturated rings. The Morgan fingerprint density at radius 1 is 1.58 bits per heavy atom. The first-order valence-electron chi connectivity index (χ1n) is 3.91. The molecule has 0 spiro atoms. The van der Waals surface area contributed by atoms with E-state index in [0.717, 1.165) is 11.3 Å². The van der Waals surface area contributed by atoms with Crippen molar-refractivity contribution in [2.75, 3.05) is 19.9 Å². The molecule has 1 N–H and O–H groups in total. The van der Waals surface area contributed by atoms with Crippen LogP contribution in [0.4, 0.5) is 4.79 Å². The van der Waals surface area contributed by atoms with E-state index in [1.165, 1.54) is 0 Å². The van der Waals surface area contributed by atoms with Crippen molar-refractivity contribution in [3.05, 3.63) is 0 Å². The lowest BCUT2D eigenvalue weighted by Gasteiger charge is -2.11. The first-order chi connectivity index (χ1) is 5.75. The highest BCUT2D eigenvalue weighted by Gasteiger charge is 2.27. The number of hydrogen-bond donors (Lipinski definition) is 1. The lowest BCUT2D eigenvalue weighted by molar-refractivity contribution is -0.128. The van der Waals surface area contributed by atoms with Crippen LogP contribution in [0.25, 0.3) is 0 Å². The SMILES string of the molecule is CCCOCN1C(=O)CNC1=O. The van der Waals surface area contributed by atoms with Gasteiger partial charge in [-0.2, -0.15) is 0 Å². The molecule has 0 radical (unpaired) electrons. The summed E-state index contributed by atoms with van der Waals surface area (Å²) in [6.45, 7) is 2.69. The molecule has 0 aromatic heterocycles. The predicted molar refractivity (Wildman–Crippen MR) is 41.4 cm³/mol. The van der Waals surface area contributed by atoms with E-state index >= 15 is 0 Å². The summed E-state index contributed by atoms with van der Waals surface area (Å²) in [7, 11) is 0. The summed E-state index contributed by atoms with van der Waals surface area (Å²) in [4.78, 5) is 22.9. The Kier molecular flexibility index (Phi) is 3.04. The molecule has 0 saturated carbocycles. The molecule has 1 rings (SSSR count). The van der Waals surface area contributed by atoms with Crippen LogP contribution in [0.2, 0.25) is 0 Å². The van der Waals surface area contributed by atoms with Crippen LogP contribution in [0.3, 0.4) is 0 Å². The van der Waals surface area contributed by atoms with Crippen LogP contribution >= 0.6 is 0 Å². The number of hydrogen-bond acceptors (Lipinski definition) is 3. The van der Waals surface area contributed by atoms with Gasteiger partial charge >= 0.3 is 6.03 Å². The zero-order chi connectivity index (χ0) is 8.97. The Bertz CT molecular complexity index is 177. The average molecular weight is 172 g/mol. The van der Waals surface area contributed by atoms with Crippen LogP contribution in [0.1, 0.15) is 13.3 Å². The van der Waals surface area contributed by atoms with Crippen molar-refractivity contribution < 1.29 is 14.3 Å². The molecular formula is C7H12N2O3. The highest BCUT2D eigenvalue weighted by molar-refractivity contribution is 6.01. The minimum atomic E-state index is -0.365. The number of amides is 3. The minimum absolute atomic E-state index is 0.0680. The third-order valence-electron chi connectivity index (χ3n) is 1.51. The van der Waals surface area contributed by atoms with Crippen LogP contribution in [0, 0.1) is 0 Å². The maximum absolute atomic E-state index is 10.9. The molecule has 1 aliphatic rings. The Labute approximate surface area is 70.7 Å². The molecule has 12 heavy (non-hydrogen) atoms. The predicted octanol–water partition coefficient (Wildman–Crippen LogP) is -0.0777. The Morgan fingerprint density at radius 2 is 2.33 bits per heavy atom. The van der Waals surface area contributed by atoms with Gasteiger partial charge in [-0.15, -0.1) is 0 Å². The minimum Gasteiger partial charge on any atom is -0.360 e. The Balaban J connectivity index is 2.30. The lowest BCUT2D eigenvalue weighted by atomic mass is 10.5. The van der Waals surface area contributed by atoms with E-state index in [0.29, 0.717) is 6.61 Å². The van der Waals surface area contributed by atoms with Gasteiger partial charge in [0.2, 0.25) is 0 Å². The number of rotatable bonds is 4. The van der Waals surface area contributed by atoms with E-state index in [4.69, 9.17) is 4.74 Å². The molecule has 3 amide bonds. The summed E-state index contributed by atoms with van der Waals surface area (Å²) in [5.41, 5.74) is 0. The number of carbonyl (C=O) groups is 2. The highest BCUT2D eigenvalue weighted by Crippen LogP contribution is 1.98. The fourth-order valence-electron chi connectivity index (χ4n) is 0.886. The van der Waals surface area contributed by atoms with Gasteiger partial charge < -0.3 is 10.1 Å². The molecule has 0 bridgehead atoms. The van der Waals surface area contributed by atoms with Gasteiger partial charge in [-0.3, -0.25) is 4.79 Å². The first-order valence-corrected chi connectivity index (χ1v) is 3.91. The molecule has 0 atom stereocenters. The maximum Gasteiger partial charge on any atom is 0.326 e. The van der Waals surface area contributed by atoms with E-state index in [1.807, 2.05) is 6.92 Å². The van der Waals surface area contributed by atoms with E-state index in [9.17, 15) is 9.59 Å². The third-order valence-corrected chi connectivity index (χ3v) is 1.51. The van der Waals surface area contributed by atoms with E-state index < -0.39 is 0 Å². The van der Waals surface area contributed by atoms with Crippen molar-refractivity contribution >= 4 is 11.9 Å². The molecule has 68 valence electrons. The zero-order valence-electron chi connectivity index (χ0n) is 7.00. The summed E-state index contributed by atoms with van der Waals surface area (Å²) in [6, 6.07) is -0.365. The van der Waals surface area contributed by atoms with Gasteiger partial charge in [0.05, 0.1) is 6.54 Å². The van der Waals surface area contributed by atoms with E-state index in [-0.39, 0.29) is 25.2 Å². The monoisotopic (exact) mass is 172 g/mol. The highest BCUT2D eigenvalue weighted by atomic mass is 16.5. The number of urea groups is 1. The summed E-state index contributed by atoms with van der Waals surface area (Å²) in [5, 5.41) is 2.40. The van der Waals surface area contributed by atoms with Crippen molar-refractivity contribution in [1.29, 1.82) is 0 Å². The fraction of sp³-hybridized carbons (Fsp3) is 0.714. The zero-order valence-corrected chi connectivity index (χ0v) is 7.00. The first kappa shape index (κ1) is 8.99. The topological polar surface area (TPSA) is 58.6 Å². The van der Waals surface area contributed by atoms with Crippen molar-refractivity contribution in [3.63, 3.8) is 0 Å². The Hall–Kier alpha value is -1.10. The second kappa shape index (κ2) is 4.06. The van der Waals surface area contributed by atoms with Crippen LogP contribution < -0.4 is 5.32 Å². The van der Waals surface area contributed by atoms with E-state index in [1.54, 1.807) is 0 Å². The fourth-order valence-corrected chi connectivity index (χ4v) is 0.886. The molecule has 5 heteroatoms. The molecule has 1 aliphatic heterocycles. The summed E-state index contributed by atoms with van der Waals surface area (Å²) in [6.07, 6.45) is 0.879. The second-order valence-electron chi connectivity index (χ2n) is 2.52. The standard InChI is InChI=1S/C7H12N2O3/c1-2-3-12-5-9-6(10)4-8-7(9)11/h2-5H2,1H3,(H,8,11). The van der Waals surface area contributed by atoms with Gasteiger partial charge in [-0.25, -0.2) is 9.69 Å². The van der Waals surface area contributed by atoms with Crippen LogP contribution in [0.5, 0.6) is 0 Å². The quantitative estimate of drug-likeness (QED) is 0.476. The molecule has 0 aromatic rings. The van der Waals surface area contributed by atoms with Crippen molar-refractivity contribution in [2.24, 2.45) is 0 Å². The van der Waals surface area contributed by atoms with Crippen LogP contribution in [0.15, 0.2) is 0 Å². The molecule has 0 aliphatic carbocycles. The smallest absolute Gasteiger partial charge is 0.326 e. The van der Waals surface area contributed by atoms with Gasteiger partial charge in [-0.1, -0.05) is 6.92 Å². The number of imide groups is 1. The summed E-state index contributed by atoms with van der Waals surface area (Å²) < 4.78 is 5.05. The van der Waals surface area contributed by atoms with Gasteiger partial charge in [-0.05, 0) is 6.42 Å². The van der Waals surface area contributed by atoms with Gasteiger partial charge in [0.1, 0.15) is 6.73 Å². The number of nitrogens with zero attached hydrogens (tertiary/aromatic N) is 1. The van der Waals surface area contributed by atoms with Crippen LogP contribution in [-0.2, 0) is 9.53 Å². The molecule has 0 unspecified atom stereocenters. The molecule has 0 aromatic carbocycles. The molecule has 1 heterocycles. The molecule has 5 nitrogen and oxygen atoms in total. The lowest BCUT2D eigenvalue weighted by Crippen LogP contribution is -2.33. The number of carbonyl (C=O) groups excluding carboxylic acids is 2. The Morgan fingerprint density at radius 3 is 2.83 bits per heavy atom. The number of ether oxygens (including phenoxy) is 1. The van der Waals surface area contributed by atoms with E-state index in [2.05, 4.69) is 5.32 Å². The normalized spacial score (nSPS) is 16.9. The number of nitrogens with one attached hydrogen (secondary N) is 1. The maximum atomic E-state index is 10.9. The average Bonchev–Trinajstić information content (AvgIpc) is 2.35. The van der Waals surface area contributed by atoms with Gasteiger partial charge in [0.25, 0.3) is 5.91 Å². The second-order valence-corrected chi connectivity index (χ2v) is 2.52. The van der Waals surface area contributed by atoms with Crippen molar-refractivity contribution in [3.8, 4) is 0 Å². The van der Waals surface area contributed by atoms with Gasteiger partial charge in [0.15, 0.2) is 0 Å². The third kappa shape index (κ3) is 1.94.